The minimum Gasteiger partial charge on any atom is -0.360 e. The molecule has 7 heteroatoms. The van der Waals surface area contributed by atoms with Crippen molar-refractivity contribution in [3.8, 4) is 0 Å². The molecule has 0 aliphatic carbocycles. The van der Waals surface area contributed by atoms with Crippen LogP contribution in [0.15, 0.2) is 28.1 Å². The number of rotatable bonds is 8. The Hall–Kier alpha value is -1.70. The lowest BCUT2D eigenvalue weighted by Gasteiger charge is -2.31. The second-order valence-electron chi connectivity index (χ2n) is 8.40. The summed E-state index contributed by atoms with van der Waals surface area (Å²) in [6.07, 6.45) is 6.41. The van der Waals surface area contributed by atoms with Crippen molar-refractivity contribution >= 4 is 17.2 Å². The molecule has 6 nitrogen and oxygen atoms in total. The molecule has 0 unspecified atom stereocenters. The van der Waals surface area contributed by atoms with E-state index in [-0.39, 0.29) is 5.91 Å². The van der Waals surface area contributed by atoms with Crippen molar-refractivity contribution in [3.05, 3.63) is 39.9 Å². The molecule has 0 aromatic carbocycles. The molecule has 158 valence electrons. The Labute approximate surface area is 177 Å². The van der Waals surface area contributed by atoms with E-state index in [9.17, 15) is 4.79 Å². The maximum atomic E-state index is 12.5. The molecule has 1 amide bonds. The maximum absolute atomic E-state index is 12.5. The highest BCUT2D eigenvalue weighted by atomic mass is 32.1. The first-order chi connectivity index (χ1) is 14.3. The van der Waals surface area contributed by atoms with Crippen LogP contribution in [0.1, 0.15) is 48.4 Å². The molecule has 2 N–H and O–H groups in total. The average Bonchev–Trinajstić information content (AvgIpc) is 3.41. The van der Waals surface area contributed by atoms with Gasteiger partial charge in [0.1, 0.15) is 0 Å². The van der Waals surface area contributed by atoms with Gasteiger partial charge in [0.2, 0.25) is 5.91 Å². The smallest absolute Gasteiger partial charge is 0.220 e. The van der Waals surface area contributed by atoms with Gasteiger partial charge in [0.15, 0.2) is 5.76 Å². The van der Waals surface area contributed by atoms with Gasteiger partial charge < -0.3 is 15.2 Å². The van der Waals surface area contributed by atoms with Crippen molar-refractivity contribution < 1.29 is 9.32 Å². The number of carbonyl (C=O) groups is 1. The first-order valence-electron chi connectivity index (χ1n) is 10.9. The molecule has 2 aliphatic rings. The summed E-state index contributed by atoms with van der Waals surface area (Å²) in [5.74, 6) is 1.93. The summed E-state index contributed by atoms with van der Waals surface area (Å²) in [6, 6.07) is 6.20. The fourth-order valence-corrected chi connectivity index (χ4v) is 5.17. The number of nitrogens with one attached hydrogen (secondary N) is 2. The van der Waals surface area contributed by atoms with Crippen LogP contribution in [0.25, 0.3) is 0 Å². The minimum atomic E-state index is 0.154. The van der Waals surface area contributed by atoms with E-state index in [1.807, 2.05) is 11.4 Å². The Balaban J connectivity index is 1.27. The average molecular weight is 417 g/mol. The third kappa shape index (κ3) is 6.14. The Morgan fingerprint density at radius 2 is 2.21 bits per heavy atom. The van der Waals surface area contributed by atoms with Crippen LogP contribution < -0.4 is 10.6 Å². The molecule has 2 saturated heterocycles. The predicted octanol–water partition coefficient (Wildman–Crippen LogP) is 3.20. The number of nitrogens with zero attached hydrogens (tertiary/aromatic N) is 2. The van der Waals surface area contributed by atoms with E-state index in [1.165, 1.54) is 24.1 Å². The van der Waals surface area contributed by atoms with Gasteiger partial charge >= 0.3 is 0 Å². The van der Waals surface area contributed by atoms with Gasteiger partial charge in [-0.2, -0.15) is 0 Å². The largest absolute Gasteiger partial charge is 0.360 e. The summed E-state index contributed by atoms with van der Waals surface area (Å²) < 4.78 is 5.61. The summed E-state index contributed by atoms with van der Waals surface area (Å²) in [5, 5.41) is 12.9. The van der Waals surface area contributed by atoms with Crippen LogP contribution in [-0.4, -0.2) is 42.1 Å². The number of aromatic nitrogens is 1. The maximum Gasteiger partial charge on any atom is 0.220 e. The standard InChI is InChI=1S/C22H32N4O2S/c27-22(24-15-21-5-4-10-29-21)12-17-6-7-23-14-18(17)11-19-13-20(28-25-19)16-26-8-2-1-3-9-26/h4-5,10,13,17-18,23H,1-3,6-9,11-12,14-16H2,(H,24,27)/t17-,18-/m0/s1. The monoisotopic (exact) mass is 416 g/mol. The van der Waals surface area contributed by atoms with E-state index >= 15 is 0 Å². The Bertz CT molecular complexity index is 755. The lowest BCUT2D eigenvalue weighted by Crippen LogP contribution is -2.40. The molecule has 0 bridgehead atoms. The van der Waals surface area contributed by atoms with Gasteiger partial charge in [-0.15, -0.1) is 11.3 Å². The molecule has 0 radical (unpaired) electrons. The quantitative estimate of drug-likeness (QED) is 0.692. The van der Waals surface area contributed by atoms with Gasteiger partial charge in [0, 0.05) is 17.4 Å². The summed E-state index contributed by atoms with van der Waals surface area (Å²) >= 11 is 1.68. The van der Waals surface area contributed by atoms with Gasteiger partial charge in [-0.25, -0.2) is 0 Å². The van der Waals surface area contributed by atoms with Crippen LogP contribution in [0.5, 0.6) is 0 Å². The van der Waals surface area contributed by atoms with E-state index in [0.717, 1.165) is 57.0 Å². The molecule has 2 aromatic heterocycles. The van der Waals surface area contributed by atoms with Gasteiger partial charge in [0.05, 0.1) is 18.8 Å². The normalized spacial score (nSPS) is 23.2. The molecule has 4 heterocycles. The molecule has 4 rings (SSSR count). The first-order valence-corrected chi connectivity index (χ1v) is 11.8. The topological polar surface area (TPSA) is 70.4 Å². The van der Waals surface area contributed by atoms with E-state index in [0.29, 0.717) is 24.8 Å². The van der Waals surface area contributed by atoms with E-state index in [1.54, 1.807) is 11.3 Å². The fraction of sp³-hybridized carbons (Fsp3) is 0.636. The first kappa shape index (κ1) is 20.6. The summed E-state index contributed by atoms with van der Waals surface area (Å²) in [4.78, 5) is 16.1. The molecular formula is C22H32N4O2S. The van der Waals surface area contributed by atoms with E-state index in [4.69, 9.17) is 4.52 Å². The number of hydrogen-bond donors (Lipinski definition) is 2. The predicted molar refractivity (Wildman–Crippen MR) is 115 cm³/mol. The molecule has 0 saturated carbocycles. The van der Waals surface area contributed by atoms with Crippen molar-refractivity contribution in [2.24, 2.45) is 11.8 Å². The summed E-state index contributed by atoms with van der Waals surface area (Å²) in [6.45, 7) is 5.74. The van der Waals surface area contributed by atoms with Crippen molar-refractivity contribution in [1.82, 2.24) is 20.7 Å². The third-order valence-corrected chi connectivity index (χ3v) is 7.04. The molecule has 2 aromatic rings. The zero-order valence-corrected chi connectivity index (χ0v) is 17.9. The van der Waals surface area contributed by atoms with Gasteiger partial charge in [0.25, 0.3) is 0 Å². The van der Waals surface area contributed by atoms with Crippen LogP contribution in [0.3, 0.4) is 0 Å². The highest BCUT2D eigenvalue weighted by Gasteiger charge is 2.28. The number of piperidine rings is 2. The minimum absolute atomic E-state index is 0.154. The van der Waals surface area contributed by atoms with Crippen LogP contribution in [0.4, 0.5) is 0 Å². The van der Waals surface area contributed by atoms with Crippen molar-refractivity contribution in [3.63, 3.8) is 0 Å². The second-order valence-corrected chi connectivity index (χ2v) is 9.43. The van der Waals surface area contributed by atoms with Crippen LogP contribution in [0, 0.1) is 11.8 Å². The number of likely N-dealkylation sites (tertiary alicyclic amines) is 1. The van der Waals surface area contributed by atoms with E-state index in [2.05, 4.69) is 32.8 Å². The lowest BCUT2D eigenvalue weighted by atomic mass is 9.81. The van der Waals surface area contributed by atoms with Gasteiger partial charge in [-0.3, -0.25) is 9.69 Å². The SMILES string of the molecule is O=C(C[C@@H]1CCNC[C@@H]1Cc1cc(CN2CCCCC2)on1)NCc1cccs1. The molecule has 0 spiro atoms. The van der Waals surface area contributed by atoms with Crippen LogP contribution >= 0.6 is 11.3 Å². The van der Waals surface area contributed by atoms with Crippen LogP contribution in [-0.2, 0) is 24.3 Å². The lowest BCUT2D eigenvalue weighted by molar-refractivity contribution is -0.122. The van der Waals surface area contributed by atoms with Crippen molar-refractivity contribution in [2.45, 2.75) is 51.6 Å². The summed E-state index contributed by atoms with van der Waals surface area (Å²) in [7, 11) is 0. The number of carbonyl (C=O) groups excluding carboxylic acids is 1. The molecule has 2 aliphatic heterocycles. The zero-order chi connectivity index (χ0) is 19.9. The highest BCUT2D eigenvalue weighted by molar-refractivity contribution is 7.09. The Morgan fingerprint density at radius 3 is 3.03 bits per heavy atom. The molecule has 2 fully saturated rings. The van der Waals surface area contributed by atoms with Gasteiger partial charge in [-0.1, -0.05) is 17.6 Å². The van der Waals surface area contributed by atoms with Gasteiger partial charge in [-0.05, 0) is 75.1 Å². The van der Waals surface area contributed by atoms with Crippen molar-refractivity contribution in [2.75, 3.05) is 26.2 Å². The molecule has 29 heavy (non-hydrogen) atoms. The Morgan fingerprint density at radius 1 is 1.31 bits per heavy atom. The number of hydrogen-bond acceptors (Lipinski definition) is 6. The molecular weight excluding hydrogens is 384 g/mol. The summed E-state index contributed by atoms with van der Waals surface area (Å²) in [5.41, 5.74) is 1.02. The third-order valence-electron chi connectivity index (χ3n) is 6.16. The Kier molecular flexibility index (Phi) is 7.35. The van der Waals surface area contributed by atoms with E-state index < -0.39 is 0 Å². The van der Waals surface area contributed by atoms with Crippen LogP contribution in [0.2, 0.25) is 0 Å². The second kappa shape index (κ2) is 10.4. The number of thiophene rings is 1. The highest BCUT2D eigenvalue weighted by Crippen LogP contribution is 2.26. The van der Waals surface area contributed by atoms with Crippen molar-refractivity contribution in [1.29, 1.82) is 0 Å². The molecule has 2 atom stereocenters. The number of amides is 1. The fourth-order valence-electron chi connectivity index (χ4n) is 4.53. The zero-order valence-electron chi connectivity index (χ0n) is 17.1.